The Balaban J connectivity index is 2.16. The van der Waals surface area contributed by atoms with Gasteiger partial charge in [-0.2, -0.15) is 13.2 Å². The van der Waals surface area contributed by atoms with E-state index in [-0.39, 0.29) is 13.2 Å². The number of aromatic amines is 1. The second-order valence-electron chi connectivity index (χ2n) is 4.05. The van der Waals surface area contributed by atoms with Gasteiger partial charge in [-0.05, 0) is 6.07 Å². The predicted molar refractivity (Wildman–Crippen MR) is 61.3 cm³/mol. The van der Waals surface area contributed by atoms with Crippen LogP contribution in [0, 0.1) is 0 Å². The third-order valence-corrected chi connectivity index (χ3v) is 2.60. The topological polar surface area (TPSA) is 80.4 Å². The molecule has 2 N–H and O–H groups in total. The first-order chi connectivity index (χ1) is 9.38. The van der Waals surface area contributed by atoms with Crippen LogP contribution in [0.4, 0.5) is 18.9 Å². The van der Waals surface area contributed by atoms with Crippen molar-refractivity contribution in [3.05, 3.63) is 28.2 Å². The summed E-state index contributed by atoms with van der Waals surface area (Å²) in [5, 5.41) is 2.10. The van der Waals surface area contributed by atoms with Crippen LogP contribution in [0.1, 0.15) is 5.56 Å². The Morgan fingerprint density at radius 3 is 2.75 bits per heavy atom. The summed E-state index contributed by atoms with van der Waals surface area (Å²) in [6.07, 6.45) is -5.02. The molecule has 110 valence electrons. The van der Waals surface area contributed by atoms with E-state index in [1.54, 1.807) is 0 Å². The van der Waals surface area contributed by atoms with Gasteiger partial charge >= 0.3 is 6.18 Å². The zero-order valence-corrected chi connectivity index (χ0v) is 10.1. The Morgan fingerprint density at radius 2 is 2.15 bits per heavy atom. The third kappa shape index (κ3) is 3.36. The van der Waals surface area contributed by atoms with Gasteiger partial charge in [0.2, 0.25) is 0 Å². The summed E-state index contributed by atoms with van der Waals surface area (Å²) < 4.78 is 47.6. The molecule has 2 rings (SSSR count). The molecule has 6 nitrogen and oxygen atoms in total. The fourth-order valence-corrected chi connectivity index (χ4v) is 1.59. The quantitative estimate of drug-likeness (QED) is 0.843. The van der Waals surface area contributed by atoms with Gasteiger partial charge in [0.25, 0.3) is 11.5 Å². The maximum absolute atomic E-state index is 12.5. The number of carbonyl (C=O) groups is 1. The molecular formula is C11H11F3N2O4. The largest absolute Gasteiger partial charge is 0.417 e. The van der Waals surface area contributed by atoms with Gasteiger partial charge in [-0.3, -0.25) is 9.59 Å². The van der Waals surface area contributed by atoms with E-state index in [0.717, 1.165) is 0 Å². The number of pyridine rings is 1. The Kier molecular flexibility index (Phi) is 4.09. The molecule has 1 aromatic heterocycles. The fraction of sp³-hybridized carbons (Fsp3) is 0.455. The van der Waals surface area contributed by atoms with Crippen molar-refractivity contribution in [1.29, 1.82) is 0 Å². The van der Waals surface area contributed by atoms with E-state index in [1.807, 2.05) is 4.98 Å². The normalized spacial score (nSPS) is 19.6. The van der Waals surface area contributed by atoms with Gasteiger partial charge in [-0.25, -0.2) is 0 Å². The van der Waals surface area contributed by atoms with Crippen molar-refractivity contribution >= 4 is 11.6 Å². The Labute approximate surface area is 110 Å². The van der Waals surface area contributed by atoms with Crippen molar-refractivity contribution in [1.82, 2.24) is 4.98 Å². The van der Waals surface area contributed by atoms with Gasteiger partial charge in [0.1, 0.15) is 5.69 Å². The molecule has 1 aromatic rings. The van der Waals surface area contributed by atoms with Crippen molar-refractivity contribution in [2.45, 2.75) is 12.3 Å². The molecule has 2 heterocycles. The van der Waals surface area contributed by atoms with Gasteiger partial charge in [0.05, 0.1) is 25.4 Å². The van der Waals surface area contributed by atoms with Crippen LogP contribution >= 0.6 is 0 Å². The van der Waals surface area contributed by atoms with Gasteiger partial charge in [-0.1, -0.05) is 0 Å². The summed E-state index contributed by atoms with van der Waals surface area (Å²) in [4.78, 5) is 25.1. The van der Waals surface area contributed by atoms with Crippen LogP contribution < -0.4 is 10.9 Å². The van der Waals surface area contributed by atoms with Crippen molar-refractivity contribution < 1.29 is 27.4 Å². The predicted octanol–water partition coefficient (Wildman–Crippen LogP) is 0.748. The van der Waals surface area contributed by atoms with Crippen LogP contribution in [0.25, 0.3) is 0 Å². The molecule has 0 radical (unpaired) electrons. The zero-order chi connectivity index (χ0) is 14.8. The van der Waals surface area contributed by atoms with Crippen molar-refractivity contribution in [2.75, 3.05) is 25.1 Å². The van der Waals surface area contributed by atoms with E-state index in [4.69, 9.17) is 9.47 Å². The lowest BCUT2D eigenvalue weighted by molar-refractivity contribution is -0.142. The molecule has 0 saturated carbocycles. The molecule has 0 spiro atoms. The molecule has 1 saturated heterocycles. The number of carbonyl (C=O) groups excluding carboxylic acids is 1. The SMILES string of the molecule is O=C(Nc1cc(C(F)(F)F)c[nH]c1=O)[C@@H]1COCCO1. The standard InChI is InChI=1S/C11H11F3N2O4/c12-11(13,14)6-3-7(9(17)15-4-6)16-10(18)8-5-19-1-2-20-8/h3-4,8H,1-2,5H2,(H,15,17)(H,16,18)/t8-/m0/s1. The van der Waals surface area contributed by atoms with Gasteiger partial charge in [-0.15, -0.1) is 0 Å². The van der Waals surface area contributed by atoms with E-state index in [2.05, 4.69) is 5.32 Å². The second kappa shape index (κ2) is 5.63. The molecule has 1 fully saturated rings. The van der Waals surface area contributed by atoms with Crippen LogP contribution in [-0.4, -0.2) is 36.8 Å². The number of hydrogen-bond acceptors (Lipinski definition) is 4. The summed E-state index contributed by atoms with van der Waals surface area (Å²) in [7, 11) is 0. The lowest BCUT2D eigenvalue weighted by Crippen LogP contribution is -2.40. The highest BCUT2D eigenvalue weighted by Crippen LogP contribution is 2.29. The number of rotatable bonds is 2. The first-order valence-electron chi connectivity index (χ1n) is 5.68. The van der Waals surface area contributed by atoms with Crippen molar-refractivity contribution in [2.24, 2.45) is 0 Å². The molecule has 0 bridgehead atoms. The molecule has 0 aliphatic carbocycles. The number of hydrogen-bond donors (Lipinski definition) is 2. The Bertz CT molecular complexity index is 549. The van der Waals surface area contributed by atoms with E-state index in [0.29, 0.717) is 18.9 Å². The molecule has 1 aliphatic rings. The molecule has 1 aliphatic heterocycles. The maximum atomic E-state index is 12.5. The highest BCUT2D eigenvalue weighted by atomic mass is 19.4. The van der Waals surface area contributed by atoms with E-state index in [9.17, 15) is 22.8 Å². The van der Waals surface area contributed by atoms with Crippen LogP contribution in [0.3, 0.4) is 0 Å². The smallest absolute Gasteiger partial charge is 0.376 e. The Morgan fingerprint density at radius 1 is 1.40 bits per heavy atom. The summed E-state index contributed by atoms with van der Waals surface area (Å²) in [5.41, 5.74) is -2.38. The number of ether oxygens (including phenoxy) is 2. The van der Waals surface area contributed by atoms with Crippen LogP contribution in [-0.2, 0) is 20.4 Å². The minimum atomic E-state index is -4.62. The summed E-state index contributed by atoms with van der Waals surface area (Å²) in [6.45, 7) is 0.535. The molecule has 1 atom stereocenters. The third-order valence-electron chi connectivity index (χ3n) is 2.60. The number of aromatic nitrogens is 1. The first-order valence-corrected chi connectivity index (χ1v) is 5.68. The van der Waals surface area contributed by atoms with Gasteiger partial charge in [0.15, 0.2) is 6.10 Å². The van der Waals surface area contributed by atoms with Gasteiger partial charge in [0, 0.05) is 6.20 Å². The number of nitrogens with one attached hydrogen (secondary N) is 2. The van der Waals surface area contributed by atoms with E-state index < -0.39 is 35.0 Å². The molecule has 9 heteroatoms. The van der Waals surface area contributed by atoms with Crippen LogP contribution in [0.2, 0.25) is 0 Å². The number of alkyl halides is 3. The number of halogens is 3. The molecule has 1 amide bonds. The maximum Gasteiger partial charge on any atom is 0.417 e. The average molecular weight is 292 g/mol. The Hall–Kier alpha value is -1.87. The van der Waals surface area contributed by atoms with Crippen LogP contribution in [0.15, 0.2) is 17.1 Å². The lowest BCUT2D eigenvalue weighted by Gasteiger charge is -2.21. The van der Waals surface area contributed by atoms with Gasteiger partial charge < -0.3 is 19.8 Å². The summed E-state index contributed by atoms with van der Waals surface area (Å²) >= 11 is 0. The highest BCUT2D eigenvalue weighted by molar-refractivity contribution is 5.94. The number of H-pyrrole nitrogens is 1. The second-order valence-corrected chi connectivity index (χ2v) is 4.05. The zero-order valence-electron chi connectivity index (χ0n) is 10.1. The van der Waals surface area contributed by atoms with E-state index in [1.165, 1.54) is 0 Å². The molecule has 0 aromatic carbocycles. The molecule has 20 heavy (non-hydrogen) atoms. The highest BCUT2D eigenvalue weighted by Gasteiger charge is 2.32. The molecule has 0 unspecified atom stereocenters. The van der Waals surface area contributed by atoms with Crippen molar-refractivity contribution in [3.63, 3.8) is 0 Å². The minimum absolute atomic E-state index is 0.0112. The van der Waals surface area contributed by atoms with E-state index >= 15 is 0 Å². The summed E-state index contributed by atoms with van der Waals surface area (Å²) in [5.74, 6) is -0.727. The first kappa shape index (κ1) is 14.5. The molecular weight excluding hydrogens is 281 g/mol. The number of anilines is 1. The lowest BCUT2D eigenvalue weighted by atomic mass is 10.2. The summed E-state index contributed by atoms with van der Waals surface area (Å²) in [6, 6.07) is 0.570. The minimum Gasteiger partial charge on any atom is -0.376 e. The average Bonchev–Trinajstić information content (AvgIpc) is 2.41. The monoisotopic (exact) mass is 292 g/mol. The fourth-order valence-electron chi connectivity index (χ4n) is 1.59. The van der Waals surface area contributed by atoms with Crippen molar-refractivity contribution in [3.8, 4) is 0 Å². The number of amides is 1. The van der Waals surface area contributed by atoms with Crippen LogP contribution in [0.5, 0.6) is 0 Å².